The Morgan fingerprint density at radius 1 is 1.42 bits per heavy atom. The van der Waals surface area contributed by atoms with Crippen LogP contribution in [0.25, 0.3) is 10.9 Å². The van der Waals surface area contributed by atoms with Gasteiger partial charge >= 0.3 is 6.03 Å². The highest BCUT2D eigenvalue weighted by molar-refractivity contribution is 5.87. The molecule has 0 aliphatic carbocycles. The number of urea groups is 1. The zero-order valence-electron chi connectivity index (χ0n) is 14.5. The molecule has 1 heterocycles. The lowest BCUT2D eigenvalue weighted by Crippen LogP contribution is -2.37. The van der Waals surface area contributed by atoms with Crippen LogP contribution in [0.3, 0.4) is 0 Å². The van der Waals surface area contributed by atoms with Crippen molar-refractivity contribution in [3.8, 4) is 5.75 Å². The van der Waals surface area contributed by atoms with E-state index in [4.69, 9.17) is 9.84 Å². The summed E-state index contributed by atoms with van der Waals surface area (Å²) >= 11 is 0. The van der Waals surface area contributed by atoms with Gasteiger partial charge in [-0.05, 0) is 30.0 Å². The van der Waals surface area contributed by atoms with Crippen molar-refractivity contribution >= 4 is 16.9 Å². The van der Waals surface area contributed by atoms with Gasteiger partial charge in [0, 0.05) is 38.3 Å². The average molecular weight is 331 g/mol. The van der Waals surface area contributed by atoms with E-state index in [1.807, 2.05) is 31.2 Å². The molecule has 0 aliphatic rings. The molecule has 1 atom stereocenters. The summed E-state index contributed by atoms with van der Waals surface area (Å²) in [6.07, 6.45) is 2.48. The number of fused-ring (bicyclic) bond motifs is 1. The summed E-state index contributed by atoms with van der Waals surface area (Å²) in [4.78, 5) is 18.2. The van der Waals surface area contributed by atoms with Crippen molar-refractivity contribution in [2.45, 2.75) is 19.9 Å². The lowest BCUT2D eigenvalue weighted by Gasteiger charge is -2.20. The van der Waals surface area contributed by atoms with Gasteiger partial charge in [-0.3, -0.25) is 4.98 Å². The Bertz CT molecular complexity index is 690. The summed E-state index contributed by atoms with van der Waals surface area (Å²) in [5.74, 6) is 0.909. The van der Waals surface area contributed by atoms with Crippen LogP contribution in [0.15, 0.2) is 30.5 Å². The van der Waals surface area contributed by atoms with Gasteiger partial charge in [-0.25, -0.2) is 4.79 Å². The Hall–Kier alpha value is -2.34. The van der Waals surface area contributed by atoms with E-state index in [-0.39, 0.29) is 18.6 Å². The number of nitrogens with zero attached hydrogens (tertiary/aromatic N) is 2. The molecular formula is C18H25N3O3. The van der Waals surface area contributed by atoms with E-state index in [0.717, 1.165) is 28.6 Å². The maximum absolute atomic E-state index is 12.2. The van der Waals surface area contributed by atoms with Crippen LogP contribution in [0.2, 0.25) is 0 Å². The molecule has 1 aromatic heterocycles. The lowest BCUT2D eigenvalue weighted by molar-refractivity contribution is 0.202. The van der Waals surface area contributed by atoms with Crippen molar-refractivity contribution < 1.29 is 14.6 Å². The number of amides is 2. The Kier molecular flexibility index (Phi) is 6.37. The van der Waals surface area contributed by atoms with Crippen LogP contribution in [0.5, 0.6) is 5.75 Å². The van der Waals surface area contributed by atoms with E-state index >= 15 is 0 Å². The molecule has 6 heteroatoms. The Morgan fingerprint density at radius 2 is 2.21 bits per heavy atom. The predicted molar refractivity (Wildman–Crippen MR) is 94.0 cm³/mol. The van der Waals surface area contributed by atoms with Crippen molar-refractivity contribution in [2.24, 2.45) is 5.92 Å². The molecule has 6 nitrogen and oxygen atoms in total. The normalized spacial score (nSPS) is 12.0. The summed E-state index contributed by atoms with van der Waals surface area (Å²) in [5, 5.41) is 12.9. The molecule has 2 N–H and O–H groups in total. The maximum Gasteiger partial charge on any atom is 0.317 e. The summed E-state index contributed by atoms with van der Waals surface area (Å²) < 4.78 is 5.35. The monoisotopic (exact) mass is 331 g/mol. The van der Waals surface area contributed by atoms with E-state index in [1.165, 1.54) is 0 Å². The number of nitrogens with one attached hydrogen (secondary N) is 1. The molecule has 2 amide bonds. The number of hydrogen-bond acceptors (Lipinski definition) is 4. The second-order valence-electron chi connectivity index (χ2n) is 5.99. The third-order valence-corrected chi connectivity index (χ3v) is 4.02. The van der Waals surface area contributed by atoms with Gasteiger partial charge in [0.2, 0.25) is 0 Å². The van der Waals surface area contributed by atoms with Crippen molar-refractivity contribution in [3.63, 3.8) is 0 Å². The Morgan fingerprint density at radius 3 is 2.92 bits per heavy atom. The largest absolute Gasteiger partial charge is 0.494 e. The van der Waals surface area contributed by atoms with Gasteiger partial charge < -0.3 is 20.1 Å². The van der Waals surface area contributed by atoms with E-state index in [0.29, 0.717) is 13.1 Å². The first-order valence-electron chi connectivity index (χ1n) is 8.07. The number of aliphatic hydroxyl groups is 1. The van der Waals surface area contributed by atoms with Crippen LogP contribution in [0, 0.1) is 5.92 Å². The van der Waals surface area contributed by atoms with Gasteiger partial charge in [-0.2, -0.15) is 0 Å². The number of hydrogen-bond donors (Lipinski definition) is 2. The summed E-state index contributed by atoms with van der Waals surface area (Å²) in [6.45, 7) is 3.12. The van der Waals surface area contributed by atoms with Gasteiger partial charge in [0.25, 0.3) is 0 Å². The SMILES string of the molecule is COc1ccc(CN(C)C(=O)NCC[C@H](C)CO)c2cccnc12. The van der Waals surface area contributed by atoms with Gasteiger partial charge in [-0.1, -0.05) is 19.1 Å². The first kappa shape index (κ1) is 18.0. The second-order valence-corrected chi connectivity index (χ2v) is 5.99. The van der Waals surface area contributed by atoms with Crippen molar-refractivity contribution in [3.05, 3.63) is 36.0 Å². The molecule has 0 spiro atoms. The second kappa shape index (κ2) is 8.49. The lowest BCUT2D eigenvalue weighted by atomic mass is 10.1. The number of aromatic nitrogens is 1. The zero-order chi connectivity index (χ0) is 17.5. The third kappa shape index (κ3) is 4.35. The Balaban J connectivity index is 2.05. The van der Waals surface area contributed by atoms with Crippen molar-refractivity contribution in [2.75, 3.05) is 27.3 Å². The smallest absolute Gasteiger partial charge is 0.317 e. The maximum atomic E-state index is 12.2. The number of methoxy groups -OCH3 is 1. The highest BCUT2D eigenvalue weighted by Crippen LogP contribution is 2.27. The molecule has 0 bridgehead atoms. The van der Waals surface area contributed by atoms with Gasteiger partial charge in [0.05, 0.1) is 7.11 Å². The van der Waals surface area contributed by atoms with Gasteiger partial charge in [0.15, 0.2) is 0 Å². The number of carbonyl (C=O) groups excluding carboxylic acids is 1. The first-order valence-corrected chi connectivity index (χ1v) is 8.07. The van der Waals surface area contributed by atoms with Crippen LogP contribution in [0.4, 0.5) is 4.79 Å². The molecule has 2 aromatic rings. The minimum Gasteiger partial charge on any atom is -0.494 e. The van der Waals surface area contributed by atoms with Gasteiger partial charge in [0.1, 0.15) is 11.3 Å². The fraction of sp³-hybridized carbons (Fsp3) is 0.444. The molecule has 0 saturated carbocycles. The van der Waals surface area contributed by atoms with E-state index < -0.39 is 0 Å². The van der Waals surface area contributed by atoms with E-state index in [1.54, 1.807) is 25.3 Å². The minimum absolute atomic E-state index is 0.131. The molecule has 0 radical (unpaired) electrons. The summed E-state index contributed by atoms with van der Waals surface area (Å²) in [7, 11) is 3.38. The first-order chi connectivity index (χ1) is 11.6. The molecule has 0 unspecified atom stereocenters. The van der Waals surface area contributed by atoms with Crippen LogP contribution in [-0.4, -0.2) is 48.3 Å². The fourth-order valence-corrected chi connectivity index (χ4v) is 2.49. The standard InChI is InChI=1S/C18H25N3O3/c1-13(12-22)8-10-20-18(23)21(2)11-14-6-7-16(24-3)17-15(14)5-4-9-19-17/h4-7,9,13,22H,8,10-12H2,1-3H3,(H,20,23)/t13-/m0/s1. The molecule has 1 aromatic carbocycles. The number of benzene rings is 1. The minimum atomic E-state index is -0.131. The quantitative estimate of drug-likeness (QED) is 0.817. The molecule has 130 valence electrons. The highest BCUT2D eigenvalue weighted by atomic mass is 16.5. The highest BCUT2D eigenvalue weighted by Gasteiger charge is 2.13. The van der Waals surface area contributed by atoms with Crippen LogP contribution in [0.1, 0.15) is 18.9 Å². The third-order valence-electron chi connectivity index (χ3n) is 4.02. The topological polar surface area (TPSA) is 74.7 Å². The average Bonchev–Trinajstić information content (AvgIpc) is 2.61. The molecule has 0 saturated heterocycles. The summed E-state index contributed by atoms with van der Waals surface area (Å²) in [5.41, 5.74) is 1.81. The number of pyridine rings is 1. The number of aliphatic hydroxyl groups excluding tert-OH is 1. The molecular weight excluding hydrogens is 306 g/mol. The van der Waals surface area contributed by atoms with Crippen molar-refractivity contribution in [1.29, 1.82) is 0 Å². The van der Waals surface area contributed by atoms with Crippen LogP contribution in [-0.2, 0) is 6.54 Å². The molecule has 0 fully saturated rings. The zero-order valence-corrected chi connectivity index (χ0v) is 14.5. The summed E-state index contributed by atoms with van der Waals surface area (Å²) in [6, 6.07) is 7.56. The van der Waals surface area contributed by atoms with E-state index in [2.05, 4.69) is 10.3 Å². The number of ether oxygens (including phenoxy) is 1. The number of rotatable bonds is 7. The number of carbonyl (C=O) groups is 1. The molecule has 24 heavy (non-hydrogen) atoms. The van der Waals surface area contributed by atoms with Crippen LogP contribution >= 0.6 is 0 Å². The Labute approximate surface area is 142 Å². The van der Waals surface area contributed by atoms with E-state index in [9.17, 15) is 4.79 Å². The van der Waals surface area contributed by atoms with Crippen molar-refractivity contribution in [1.82, 2.24) is 15.2 Å². The van der Waals surface area contributed by atoms with Gasteiger partial charge in [-0.15, -0.1) is 0 Å². The predicted octanol–water partition coefficient (Wildman–Crippen LogP) is 2.40. The van der Waals surface area contributed by atoms with Crippen LogP contribution < -0.4 is 10.1 Å². The molecule has 2 rings (SSSR count). The fourth-order valence-electron chi connectivity index (χ4n) is 2.49. The molecule has 0 aliphatic heterocycles.